The van der Waals surface area contributed by atoms with E-state index in [0.717, 1.165) is 0 Å². The van der Waals surface area contributed by atoms with Crippen LogP contribution in [0.25, 0.3) is 0 Å². The Hall–Kier alpha value is -4.68. The maximum Gasteiger partial charge on any atom is 0.338 e. The molecule has 3 aromatic carbocycles. The van der Waals surface area contributed by atoms with Gasteiger partial charge in [-0.15, -0.1) is 0 Å². The molecule has 3 aliphatic carbocycles. The molecule has 1 heterocycles. The average molecular weight is 738 g/mol. The van der Waals surface area contributed by atoms with Crippen molar-refractivity contribution in [2.24, 2.45) is 22.7 Å². The van der Waals surface area contributed by atoms with E-state index < -0.39 is 76.8 Å². The van der Waals surface area contributed by atoms with E-state index in [2.05, 4.69) is 5.32 Å². The lowest BCUT2D eigenvalue weighted by molar-refractivity contribution is -0.274. The predicted molar refractivity (Wildman–Crippen MR) is 196 cm³/mol. The van der Waals surface area contributed by atoms with Crippen molar-refractivity contribution in [2.45, 2.75) is 89.1 Å². The molecule has 11 heteroatoms. The zero-order chi connectivity index (χ0) is 38.6. The number of nitrogens with one attached hydrogen (secondary N) is 1. The number of Topliss-reactive ketones (excluding diaryl/α,β-unsaturated/α-hetero) is 1. The molecule has 1 amide bonds. The number of fused-ring (bicyclic) bond motifs is 5. The fraction of sp³-hybridized carbons (Fsp3) is 0.442. The number of hydrogen-bond donors (Lipinski definition) is 4. The molecule has 3 aromatic rings. The first kappa shape index (κ1) is 37.6. The number of benzene rings is 3. The van der Waals surface area contributed by atoms with Crippen LogP contribution < -0.4 is 5.32 Å². The number of carbonyl (C=O) groups excluding carboxylic acids is 4. The molecule has 1 saturated heterocycles. The van der Waals surface area contributed by atoms with Gasteiger partial charge in [-0.05, 0) is 49.2 Å². The fourth-order valence-corrected chi connectivity index (χ4v) is 9.31. The second-order valence-electron chi connectivity index (χ2n) is 15.9. The van der Waals surface area contributed by atoms with Crippen LogP contribution in [0.15, 0.2) is 102 Å². The van der Waals surface area contributed by atoms with Crippen LogP contribution in [0.2, 0.25) is 0 Å². The number of aliphatic hydroxyl groups excluding tert-OH is 2. The van der Waals surface area contributed by atoms with Crippen LogP contribution in [0.5, 0.6) is 0 Å². The first-order valence-corrected chi connectivity index (χ1v) is 18.5. The molecule has 4 aliphatic rings. The molecule has 10 atom stereocenters. The van der Waals surface area contributed by atoms with Gasteiger partial charge in [0.15, 0.2) is 6.10 Å². The Labute approximate surface area is 314 Å². The summed E-state index contributed by atoms with van der Waals surface area (Å²) in [6, 6.07) is 24.1. The second kappa shape index (κ2) is 14.2. The molecule has 7 rings (SSSR count). The molecule has 4 N–H and O–H groups in total. The summed E-state index contributed by atoms with van der Waals surface area (Å²) < 4.78 is 18.3. The first-order valence-electron chi connectivity index (χ1n) is 18.5. The standard InChI is InChI=1S/C43H47NO10/c1-24-29-20-32(45)42(4)33(46)21-30-28(23-52-30)34(42)37(54-39(49)27-18-12-7-13-19-27)43(51,41(29,2)3)22-31(24)53-40(50)36(47)35(25-14-8-5-9-15-25)44-38(48)26-16-10-6-11-17-26/h5-19,28,30-31,33-37,46-47,51H,20-23H2,1-4H3,(H,44,48)/t28?,30-,31+,33+,34+,35+,36-,37+,42-,43-/m1/s1. The third-order valence-corrected chi connectivity index (χ3v) is 12.8. The minimum absolute atomic E-state index is 0.154. The summed E-state index contributed by atoms with van der Waals surface area (Å²) in [6.07, 6.45) is -6.09. The van der Waals surface area contributed by atoms with E-state index in [1.807, 2.05) is 0 Å². The maximum absolute atomic E-state index is 14.6. The third-order valence-electron chi connectivity index (χ3n) is 12.8. The van der Waals surface area contributed by atoms with E-state index in [1.54, 1.807) is 119 Å². The normalized spacial score (nSPS) is 32.3. The number of rotatable bonds is 8. The second-order valence-corrected chi connectivity index (χ2v) is 15.9. The molecule has 3 fully saturated rings. The van der Waals surface area contributed by atoms with Gasteiger partial charge in [-0.1, -0.05) is 86.2 Å². The molecule has 284 valence electrons. The number of hydrogen-bond acceptors (Lipinski definition) is 10. The van der Waals surface area contributed by atoms with Gasteiger partial charge in [-0.2, -0.15) is 0 Å². The lowest BCUT2D eigenvalue weighted by atomic mass is 9.46. The summed E-state index contributed by atoms with van der Waals surface area (Å²) in [7, 11) is 0. The van der Waals surface area contributed by atoms with Gasteiger partial charge in [0.25, 0.3) is 5.91 Å². The third kappa shape index (κ3) is 6.17. The van der Waals surface area contributed by atoms with Crippen LogP contribution in [0.3, 0.4) is 0 Å². The van der Waals surface area contributed by atoms with Crippen molar-refractivity contribution in [3.05, 3.63) is 119 Å². The summed E-state index contributed by atoms with van der Waals surface area (Å²) >= 11 is 0. The Morgan fingerprint density at radius 2 is 1.48 bits per heavy atom. The number of carbonyl (C=O) groups is 4. The highest BCUT2D eigenvalue weighted by atomic mass is 16.6. The fourth-order valence-electron chi connectivity index (χ4n) is 9.31. The zero-order valence-corrected chi connectivity index (χ0v) is 30.8. The predicted octanol–water partition coefficient (Wildman–Crippen LogP) is 4.51. The van der Waals surface area contributed by atoms with Crippen molar-refractivity contribution in [3.8, 4) is 0 Å². The van der Waals surface area contributed by atoms with Crippen molar-refractivity contribution in [3.63, 3.8) is 0 Å². The molecular weight excluding hydrogens is 690 g/mol. The molecule has 0 aromatic heterocycles. The molecule has 0 radical (unpaired) electrons. The van der Waals surface area contributed by atoms with Gasteiger partial charge in [0.1, 0.15) is 23.6 Å². The molecule has 2 saturated carbocycles. The van der Waals surface area contributed by atoms with Crippen LogP contribution in [0, 0.1) is 22.7 Å². The lowest BCUT2D eigenvalue weighted by Gasteiger charge is -2.63. The number of amides is 1. The molecule has 11 nitrogen and oxygen atoms in total. The van der Waals surface area contributed by atoms with Gasteiger partial charge in [0.2, 0.25) is 0 Å². The zero-order valence-electron chi connectivity index (χ0n) is 30.8. The van der Waals surface area contributed by atoms with Crippen molar-refractivity contribution in [2.75, 3.05) is 6.61 Å². The molecule has 54 heavy (non-hydrogen) atoms. The summed E-state index contributed by atoms with van der Waals surface area (Å²) in [5.74, 6) is -3.73. The molecule has 0 spiro atoms. The molecule has 1 aliphatic heterocycles. The van der Waals surface area contributed by atoms with Crippen LogP contribution >= 0.6 is 0 Å². The van der Waals surface area contributed by atoms with Crippen LogP contribution in [0.4, 0.5) is 0 Å². The molecule has 1 unspecified atom stereocenters. The minimum Gasteiger partial charge on any atom is -0.456 e. The smallest absolute Gasteiger partial charge is 0.338 e. The summed E-state index contributed by atoms with van der Waals surface area (Å²) in [5.41, 5.74) is -2.49. The number of ketones is 1. The number of aliphatic hydroxyl groups is 3. The van der Waals surface area contributed by atoms with Crippen molar-refractivity contribution < 1.29 is 48.7 Å². The maximum atomic E-state index is 14.6. The van der Waals surface area contributed by atoms with Crippen molar-refractivity contribution in [1.29, 1.82) is 0 Å². The van der Waals surface area contributed by atoms with Gasteiger partial charge in [-0.3, -0.25) is 9.59 Å². The van der Waals surface area contributed by atoms with Gasteiger partial charge < -0.3 is 34.8 Å². The summed E-state index contributed by atoms with van der Waals surface area (Å²) in [5, 5.41) is 39.3. The molecule has 2 bridgehead atoms. The average Bonchev–Trinajstić information content (AvgIpc) is 3.16. The minimum atomic E-state index is -1.94. The van der Waals surface area contributed by atoms with Gasteiger partial charge in [0, 0.05) is 42.1 Å². The van der Waals surface area contributed by atoms with E-state index in [-0.39, 0.29) is 43.1 Å². The van der Waals surface area contributed by atoms with Gasteiger partial charge in [-0.25, -0.2) is 9.59 Å². The van der Waals surface area contributed by atoms with E-state index in [1.165, 1.54) is 0 Å². The Balaban J connectivity index is 1.27. The monoisotopic (exact) mass is 737 g/mol. The van der Waals surface area contributed by atoms with E-state index in [4.69, 9.17) is 14.2 Å². The summed E-state index contributed by atoms with van der Waals surface area (Å²) in [4.78, 5) is 55.8. The Bertz CT molecular complexity index is 1950. The Morgan fingerprint density at radius 3 is 2.07 bits per heavy atom. The van der Waals surface area contributed by atoms with Crippen molar-refractivity contribution in [1.82, 2.24) is 5.32 Å². The highest BCUT2D eigenvalue weighted by Gasteiger charge is 2.70. The van der Waals surface area contributed by atoms with E-state index >= 15 is 0 Å². The first-order chi connectivity index (χ1) is 25.7. The summed E-state index contributed by atoms with van der Waals surface area (Å²) in [6.45, 7) is 7.24. The number of esters is 2. The largest absolute Gasteiger partial charge is 0.456 e. The highest BCUT2D eigenvalue weighted by Crippen LogP contribution is 2.62. The number of ether oxygens (including phenoxy) is 3. The quantitative estimate of drug-likeness (QED) is 0.191. The highest BCUT2D eigenvalue weighted by molar-refractivity contribution is 5.95. The SMILES string of the molecule is CC1=C2CC(=O)[C@]3(C)[C@@H](O)C[C@H]4OCC4[C@H]3[C@H](OC(=O)c3ccccc3)[C@](O)(C[C@@H]1OC(=O)[C@H](O)[C@@H](NC(=O)c1ccccc1)c1ccccc1)C2(C)C. The van der Waals surface area contributed by atoms with Crippen LogP contribution in [0.1, 0.15) is 79.3 Å². The van der Waals surface area contributed by atoms with Crippen LogP contribution in [-0.4, -0.2) is 81.7 Å². The Morgan fingerprint density at radius 1 is 0.889 bits per heavy atom. The van der Waals surface area contributed by atoms with Gasteiger partial charge in [0.05, 0.1) is 35.8 Å². The van der Waals surface area contributed by atoms with Crippen LogP contribution in [-0.2, 0) is 23.8 Å². The van der Waals surface area contributed by atoms with Crippen molar-refractivity contribution >= 4 is 23.6 Å². The van der Waals surface area contributed by atoms with Gasteiger partial charge >= 0.3 is 11.9 Å². The lowest BCUT2D eigenvalue weighted by Crippen LogP contribution is -2.73. The molecular formula is C43H47NO10. The Kier molecular flexibility index (Phi) is 9.89. The topological polar surface area (TPSA) is 169 Å². The van der Waals surface area contributed by atoms with E-state index in [0.29, 0.717) is 22.3 Å². The van der Waals surface area contributed by atoms with E-state index in [9.17, 15) is 34.5 Å².